The van der Waals surface area contributed by atoms with Crippen LogP contribution in [0.25, 0.3) is 11.0 Å². The topological polar surface area (TPSA) is 105 Å². The fraction of sp³-hybridized carbons (Fsp3) is 0.400. The summed E-state index contributed by atoms with van der Waals surface area (Å²) in [7, 11) is -1.71. The molecule has 2 heterocycles. The number of carbonyl (C=O) groups excluding carboxylic acids is 2. The highest BCUT2D eigenvalue weighted by molar-refractivity contribution is 7.89. The van der Waals surface area contributed by atoms with E-state index in [1.54, 1.807) is 30.0 Å². The molecule has 0 spiro atoms. The minimum Gasteiger partial charge on any atom is -0.331 e. The number of rotatable bonds is 8. The largest absolute Gasteiger partial charge is 0.331 e. The zero-order valence-electron chi connectivity index (χ0n) is 20.5. The van der Waals surface area contributed by atoms with Gasteiger partial charge in [0.15, 0.2) is 0 Å². The SMILES string of the molecule is CCN(CC)S(=O)(=O)c1ccc2c(c1)nc(CCC(=O)Nc1ccc3c(c1)CCN3C(C)=O)n2C. The second kappa shape index (κ2) is 9.79. The maximum Gasteiger partial charge on any atom is 0.243 e. The quantitative estimate of drug-likeness (QED) is 0.515. The molecular formula is C25H31N5O4S. The number of imidazole rings is 1. The van der Waals surface area contributed by atoms with Crippen LogP contribution < -0.4 is 10.2 Å². The Kier molecular flexibility index (Phi) is 6.95. The van der Waals surface area contributed by atoms with Crippen molar-refractivity contribution in [3.63, 3.8) is 0 Å². The molecule has 1 aliphatic rings. The Balaban J connectivity index is 1.45. The van der Waals surface area contributed by atoms with Gasteiger partial charge in [-0.15, -0.1) is 0 Å². The standard InChI is InChI=1S/C25H31N5O4S/c1-5-29(6-2)35(33,34)20-8-10-23-21(16-20)27-24(28(23)4)11-12-25(32)26-19-7-9-22-18(15-19)13-14-30(22)17(3)31/h7-10,15-16H,5-6,11-14H2,1-4H3,(H,26,32). The van der Waals surface area contributed by atoms with E-state index in [4.69, 9.17) is 0 Å². The van der Waals surface area contributed by atoms with Crippen LogP contribution in [0.2, 0.25) is 0 Å². The fourth-order valence-corrected chi connectivity index (χ4v) is 6.06. The highest BCUT2D eigenvalue weighted by Crippen LogP contribution is 2.30. The molecule has 1 aromatic heterocycles. The molecule has 186 valence electrons. The maximum atomic E-state index is 12.9. The van der Waals surface area contributed by atoms with Crippen molar-refractivity contribution in [2.24, 2.45) is 7.05 Å². The van der Waals surface area contributed by atoms with Crippen molar-refractivity contribution in [1.82, 2.24) is 13.9 Å². The average Bonchev–Trinajstić information content (AvgIpc) is 3.38. The van der Waals surface area contributed by atoms with Crippen LogP contribution >= 0.6 is 0 Å². The Morgan fingerprint density at radius 2 is 1.86 bits per heavy atom. The molecule has 3 aromatic rings. The normalized spacial score (nSPS) is 13.5. The molecule has 0 saturated carbocycles. The molecule has 0 unspecified atom stereocenters. The third kappa shape index (κ3) is 4.81. The number of anilines is 2. The molecule has 1 N–H and O–H groups in total. The number of hydrogen-bond donors (Lipinski definition) is 1. The number of fused-ring (bicyclic) bond motifs is 2. The van der Waals surface area contributed by atoms with Crippen LogP contribution in [-0.2, 0) is 39.5 Å². The van der Waals surface area contributed by atoms with Crippen molar-refractivity contribution in [2.45, 2.75) is 44.9 Å². The van der Waals surface area contributed by atoms with E-state index in [2.05, 4.69) is 10.3 Å². The Morgan fingerprint density at radius 1 is 1.11 bits per heavy atom. The molecule has 2 amide bonds. The number of aromatic nitrogens is 2. The van der Waals surface area contributed by atoms with Crippen molar-refractivity contribution in [1.29, 1.82) is 0 Å². The van der Waals surface area contributed by atoms with Crippen molar-refractivity contribution in [2.75, 3.05) is 29.9 Å². The Hall–Kier alpha value is -3.24. The molecule has 4 rings (SSSR count). The number of carbonyl (C=O) groups is 2. The van der Waals surface area contributed by atoms with Gasteiger partial charge in [0.2, 0.25) is 21.8 Å². The van der Waals surface area contributed by atoms with E-state index in [1.165, 1.54) is 4.31 Å². The van der Waals surface area contributed by atoms with Gasteiger partial charge < -0.3 is 14.8 Å². The van der Waals surface area contributed by atoms with Gasteiger partial charge in [-0.3, -0.25) is 9.59 Å². The van der Waals surface area contributed by atoms with Crippen LogP contribution in [0.3, 0.4) is 0 Å². The van der Waals surface area contributed by atoms with E-state index in [1.807, 2.05) is 43.7 Å². The third-order valence-corrected chi connectivity index (χ3v) is 8.55. The number of aryl methyl sites for hydroxylation is 2. The average molecular weight is 498 g/mol. The summed E-state index contributed by atoms with van der Waals surface area (Å²) in [5.74, 6) is 0.586. The molecule has 0 saturated heterocycles. The van der Waals surface area contributed by atoms with Crippen molar-refractivity contribution in [3.05, 3.63) is 47.8 Å². The zero-order chi connectivity index (χ0) is 25.3. The van der Waals surface area contributed by atoms with Crippen molar-refractivity contribution in [3.8, 4) is 0 Å². The molecule has 0 radical (unpaired) electrons. The fourth-order valence-electron chi connectivity index (χ4n) is 4.58. The number of sulfonamides is 1. The molecule has 9 nitrogen and oxygen atoms in total. The lowest BCUT2D eigenvalue weighted by molar-refractivity contribution is -0.117. The van der Waals surface area contributed by atoms with E-state index in [0.29, 0.717) is 43.1 Å². The smallest absolute Gasteiger partial charge is 0.243 e. The first-order chi connectivity index (χ1) is 16.6. The molecule has 0 bridgehead atoms. The summed E-state index contributed by atoms with van der Waals surface area (Å²) in [6.45, 7) is 6.64. The minimum absolute atomic E-state index is 0.0146. The van der Waals surface area contributed by atoms with Crippen LogP contribution in [0.5, 0.6) is 0 Å². The van der Waals surface area contributed by atoms with Gasteiger partial charge in [-0.2, -0.15) is 4.31 Å². The predicted molar refractivity (Wildman–Crippen MR) is 136 cm³/mol. The lowest BCUT2D eigenvalue weighted by Gasteiger charge is -2.18. The van der Waals surface area contributed by atoms with Crippen LogP contribution in [-0.4, -0.2) is 53.7 Å². The molecule has 10 heteroatoms. The number of nitrogens with one attached hydrogen (secondary N) is 1. The summed E-state index contributed by atoms with van der Waals surface area (Å²) in [5.41, 5.74) is 4.05. The molecule has 0 atom stereocenters. The number of benzene rings is 2. The molecule has 1 aliphatic heterocycles. The number of amides is 2. The summed E-state index contributed by atoms with van der Waals surface area (Å²) in [6, 6.07) is 10.6. The first kappa shape index (κ1) is 24.9. The minimum atomic E-state index is -3.57. The van der Waals surface area contributed by atoms with Gasteiger partial charge in [0.25, 0.3) is 0 Å². The molecule has 0 aliphatic carbocycles. The van der Waals surface area contributed by atoms with Gasteiger partial charge in [0.05, 0.1) is 15.9 Å². The number of hydrogen-bond acceptors (Lipinski definition) is 5. The molecule has 0 fully saturated rings. The lowest BCUT2D eigenvalue weighted by atomic mass is 10.1. The highest BCUT2D eigenvalue weighted by Gasteiger charge is 2.24. The summed E-state index contributed by atoms with van der Waals surface area (Å²) >= 11 is 0. The maximum absolute atomic E-state index is 12.9. The van der Waals surface area contributed by atoms with Crippen LogP contribution in [0.15, 0.2) is 41.3 Å². The Bertz CT molecular complexity index is 1390. The monoisotopic (exact) mass is 497 g/mol. The van der Waals surface area contributed by atoms with Gasteiger partial charge in [0.1, 0.15) is 5.82 Å². The van der Waals surface area contributed by atoms with E-state index >= 15 is 0 Å². The highest BCUT2D eigenvalue weighted by atomic mass is 32.2. The Labute approximate surface area is 205 Å². The van der Waals surface area contributed by atoms with Crippen LogP contribution in [0, 0.1) is 0 Å². The number of nitrogens with zero attached hydrogens (tertiary/aromatic N) is 4. The summed E-state index contributed by atoms with van der Waals surface area (Å²) in [5, 5.41) is 2.93. The predicted octanol–water partition coefficient (Wildman–Crippen LogP) is 3.08. The van der Waals surface area contributed by atoms with E-state index in [-0.39, 0.29) is 23.1 Å². The van der Waals surface area contributed by atoms with Crippen molar-refractivity contribution >= 4 is 44.2 Å². The molecular weight excluding hydrogens is 466 g/mol. The van der Waals surface area contributed by atoms with Crippen molar-refractivity contribution < 1.29 is 18.0 Å². The molecule has 2 aromatic carbocycles. The summed E-state index contributed by atoms with van der Waals surface area (Å²) in [4.78, 5) is 30.9. The van der Waals surface area contributed by atoms with E-state index in [0.717, 1.165) is 23.2 Å². The van der Waals surface area contributed by atoms with Gasteiger partial charge in [0, 0.05) is 57.8 Å². The second-order valence-corrected chi connectivity index (χ2v) is 10.6. The first-order valence-electron chi connectivity index (χ1n) is 11.8. The van der Waals surface area contributed by atoms with Gasteiger partial charge in [-0.25, -0.2) is 13.4 Å². The van der Waals surface area contributed by atoms with Gasteiger partial charge in [-0.05, 0) is 48.4 Å². The summed E-state index contributed by atoms with van der Waals surface area (Å²) in [6.07, 6.45) is 1.42. The molecule has 35 heavy (non-hydrogen) atoms. The van der Waals surface area contributed by atoms with E-state index < -0.39 is 10.0 Å². The first-order valence-corrected chi connectivity index (χ1v) is 13.3. The van der Waals surface area contributed by atoms with Gasteiger partial charge >= 0.3 is 0 Å². The van der Waals surface area contributed by atoms with Crippen LogP contribution in [0.1, 0.15) is 38.6 Å². The van der Waals surface area contributed by atoms with Crippen LogP contribution in [0.4, 0.5) is 11.4 Å². The lowest BCUT2D eigenvalue weighted by Crippen LogP contribution is -2.30. The summed E-state index contributed by atoms with van der Waals surface area (Å²) < 4.78 is 29.0. The zero-order valence-corrected chi connectivity index (χ0v) is 21.4. The second-order valence-electron chi connectivity index (χ2n) is 8.64. The van der Waals surface area contributed by atoms with E-state index in [9.17, 15) is 18.0 Å². The third-order valence-electron chi connectivity index (χ3n) is 6.50. The van der Waals surface area contributed by atoms with Gasteiger partial charge in [-0.1, -0.05) is 13.8 Å². The Morgan fingerprint density at radius 3 is 2.54 bits per heavy atom.